The first-order valence-electron chi connectivity index (χ1n) is 31.3. The number of unbranched alkanes of at least 4 members (excludes halogenated alkanes) is 17. The largest absolute Gasteiger partial charge is 0.394 e. The molecule has 0 aromatic carbocycles. The van der Waals surface area contributed by atoms with Crippen molar-refractivity contribution in [2.75, 3.05) is 19.8 Å². The molecule has 9 N–H and O–H groups in total. The van der Waals surface area contributed by atoms with Crippen molar-refractivity contribution in [3.05, 3.63) is 122 Å². The maximum Gasteiger partial charge on any atom is 0.220 e. The van der Waals surface area contributed by atoms with Crippen LogP contribution in [0.5, 0.6) is 0 Å². The van der Waals surface area contributed by atoms with Crippen LogP contribution in [-0.4, -0.2) is 140 Å². The molecule has 81 heavy (non-hydrogen) atoms. The average molecular weight is 1140 g/mol. The third-order valence-electron chi connectivity index (χ3n) is 14.4. The molecule has 14 nitrogen and oxygen atoms in total. The van der Waals surface area contributed by atoms with Crippen LogP contribution < -0.4 is 5.32 Å². The SMILES string of the molecule is CC/C=C\C/C=C\C/C=C\C/C=C\C/C=C\C/C=C\C/C=C\CCCCCCCCCC(=O)NC(COC1OC(CO)C(OC2OC(CO)C(O)C(O)C2O)C(O)C1O)C(O)/C=C/CC/C=C/CC/C=C/CCCCCCCCCC. The molecule has 2 aliphatic heterocycles. The Bertz CT molecular complexity index is 1820. The minimum Gasteiger partial charge on any atom is -0.394 e. The molecule has 0 aliphatic carbocycles. The summed E-state index contributed by atoms with van der Waals surface area (Å²) in [5, 5.41) is 87.1. The number of nitrogens with one attached hydrogen (secondary N) is 1. The highest BCUT2D eigenvalue weighted by Gasteiger charge is 2.51. The zero-order chi connectivity index (χ0) is 58.8. The highest BCUT2D eigenvalue weighted by atomic mass is 16.7. The van der Waals surface area contributed by atoms with E-state index in [4.69, 9.17) is 18.9 Å². The van der Waals surface area contributed by atoms with E-state index in [-0.39, 0.29) is 18.9 Å². The number of carbonyl (C=O) groups excluding carboxylic acids is 1. The van der Waals surface area contributed by atoms with Gasteiger partial charge in [0.1, 0.15) is 48.8 Å². The molecule has 2 saturated heterocycles. The monoisotopic (exact) mass is 1140 g/mol. The number of hydrogen-bond donors (Lipinski definition) is 9. The van der Waals surface area contributed by atoms with E-state index in [9.17, 15) is 45.6 Å². The summed E-state index contributed by atoms with van der Waals surface area (Å²) in [6.45, 7) is 2.63. The lowest BCUT2D eigenvalue weighted by Crippen LogP contribution is -2.65. The first-order valence-corrected chi connectivity index (χ1v) is 31.3. The van der Waals surface area contributed by atoms with Crippen molar-refractivity contribution in [2.24, 2.45) is 0 Å². The Morgan fingerprint density at radius 2 is 0.864 bits per heavy atom. The molecular formula is C67H111NO13. The lowest BCUT2D eigenvalue weighted by atomic mass is 9.97. The van der Waals surface area contributed by atoms with Crippen molar-refractivity contribution in [1.29, 1.82) is 0 Å². The Morgan fingerprint density at radius 3 is 1.36 bits per heavy atom. The summed E-state index contributed by atoms with van der Waals surface area (Å²) < 4.78 is 22.8. The van der Waals surface area contributed by atoms with Gasteiger partial charge < -0.3 is 65.1 Å². The summed E-state index contributed by atoms with van der Waals surface area (Å²) >= 11 is 0. The molecule has 12 unspecified atom stereocenters. The number of carbonyl (C=O) groups is 1. The van der Waals surface area contributed by atoms with Crippen LogP contribution in [0.1, 0.15) is 200 Å². The molecular weight excluding hydrogens is 1030 g/mol. The lowest BCUT2D eigenvalue weighted by molar-refractivity contribution is -0.359. The number of aliphatic hydroxyl groups is 8. The fourth-order valence-electron chi connectivity index (χ4n) is 9.36. The number of allylic oxidation sites excluding steroid dienone is 19. The van der Waals surface area contributed by atoms with Gasteiger partial charge in [0, 0.05) is 6.42 Å². The van der Waals surface area contributed by atoms with Gasteiger partial charge in [0.25, 0.3) is 0 Å². The van der Waals surface area contributed by atoms with E-state index in [0.29, 0.717) is 12.8 Å². The Hall–Kier alpha value is -3.61. The molecule has 14 heteroatoms. The molecule has 1 amide bonds. The van der Waals surface area contributed by atoms with Crippen molar-refractivity contribution >= 4 is 5.91 Å². The van der Waals surface area contributed by atoms with E-state index in [1.807, 2.05) is 6.08 Å². The van der Waals surface area contributed by atoms with Crippen LogP contribution in [0.2, 0.25) is 0 Å². The van der Waals surface area contributed by atoms with Gasteiger partial charge in [0.2, 0.25) is 5.91 Å². The topological polar surface area (TPSA) is 228 Å². The van der Waals surface area contributed by atoms with Crippen LogP contribution in [-0.2, 0) is 23.7 Å². The molecule has 462 valence electrons. The fraction of sp³-hybridized carbons (Fsp3) is 0.687. The molecule has 2 rings (SSSR count). The van der Waals surface area contributed by atoms with Crippen LogP contribution in [0.3, 0.4) is 0 Å². The summed E-state index contributed by atoms with van der Waals surface area (Å²) in [4.78, 5) is 13.3. The number of ether oxygens (including phenoxy) is 4. The molecule has 2 heterocycles. The zero-order valence-electron chi connectivity index (χ0n) is 49.7. The number of hydrogen-bond acceptors (Lipinski definition) is 13. The van der Waals surface area contributed by atoms with E-state index >= 15 is 0 Å². The molecule has 0 spiro atoms. The van der Waals surface area contributed by atoms with Crippen molar-refractivity contribution in [2.45, 2.75) is 274 Å². The highest BCUT2D eigenvalue weighted by molar-refractivity contribution is 5.76. The fourth-order valence-corrected chi connectivity index (χ4v) is 9.36. The molecule has 0 bridgehead atoms. The Labute approximate surface area is 488 Å². The summed E-state index contributed by atoms with van der Waals surface area (Å²) in [6.07, 6.45) is 56.6. The van der Waals surface area contributed by atoms with Crippen LogP contribution in [0.25, 0.3) is 0 Å². The molecule has 0 aromatic rings. The average Bonchev–Trinajstić information content (AvgIpc) is 3.47. The first-order chi connectivity index (χ1) is 39.6. The molecule has 12 atom stereocenters. The van der Waals surface area contributed by atoms with Gasteiger partial charge in [-0.15, -0.1) is 0 Å². The van der Waals surface area contributed by atoms with E-state index in [2.05, 4.69) is 129 Å². The van der Waals surface area contributed by atoms with Crippen LogP contribution >= 0.6 is 0 Å². The van der Waals surface area contributed by atoms with Gasteiger partial charge in [-0.25, -0.2) is 0 Å². The zero-order valence-corrected chi connectivity index (χ0v) is 49.7. The summed E-state index contributed by atoms with van der Waals surface area (Å²) in [7, 11) is 0. The van der Waals surface area contributed by atoms with Crippen molar-refractivity contribution in [3.8, 4) is 0 Å². The number of amides is 1. The number of aliphatic hydroxyl groups excluding tert-OH is 8. The normalized spacial score (nSPS) is 25.0. The van der Waals surface area contributed by atoms with Gasteiger partial charge in [-0.1, -0.05) is 212 Å². The predicted molar refractivity (Wildman–Crippen MR) is 327 cm³/mol. The first kappa shape index (κ1) is 73.5. The second-order valence-corrected chi connectivity index (χ2v) is 21.4. The maximum atomic E-state index is 13.3. The Kier molecular flexibility index (Phi) is 46.1. The third-order valence-corrected chi connectivity index (χ3v) is 14.4. The van der Waals surface area contributed by atoms with Crippen molar-refractivity contribution in [1.82, 2.24) is 5.32 Å². The minimum absolute atomic E-state index is 0.249. The second kappa shape index (κ2) is 50.9. The molecule has 0 aromatic heterocycles. The summed E-state index contributed by atoms with van der Waals surface area (Å²) in [5.74, 6) is -0.270. The Morgan fingerprint density at radius 1 is 0.457 bits per heavy atom. The van der Waals surface area contributed by atoms with E-state index in [0.717, 1.165) is 116 Å². The third kappa shape index (κ3) is 36.0. The molecule has 0 saturated carbocycles. The molecule has 2 fully saturated rings. The lowest BCUT2D eigenvalue weighted by Gasteiger charge is -2.46. The number of rotatable bonds is 48. The van der Waals surface area contributed by atoms with Crippen LogP contribution in [0.15, 0.2) is 122 Å². The standard InChI is InChI=1S/C67H111NO13/c1-3-5-7-9-11-13-15-17-19-21-23-24-25-26-27-28-29-30-31-32-33-35-37-39-41-43-45-47-49-51-59(72)68-55(56(71)50-48-46-44-42-40-38-36-34-22-20-18-16-14-12-10-8-6-4-2)54-78-66-64(77)62(75)65(58(53-70)80-66)81-67-63(76)61(74)60(73)57(52-69)79-67/h5,7,11,13,17,19,22-24,26-27,29-30,32-34,40,42,48,50,55-58,60-67,69-71,73-77H,3-4,6,8-10,12,14-16,18,20-21,25,28,31,35-39,41,43-47,49,51-54H2,1-2H3,(H,68,72)/b7-5-,13-11-,19-17-,24-23-,27-26-,30-29-,33-32-,34-22+,42-40+,50-48+. The smallest absolute Gasteiger partial charge is 0.220 e. The second-order valence-electron chi connectivity index (χ2n) is 21.4. The van der Waals surface area contributed by atoms with Gasteiger partial charge in [-0.3, -0.25) is 4.79 Å². The Balaban J connectivity index is 1.76. The summed E-state index contributed by atoms with van der Waals surface area (Å²) in [5.41, 5.74) is 0. The van der Waals surface area contributed by atoms with Gasteiger partial charge in [-0.2, -0.15) is 0 Å². The quantitative estimate of drug-likeness (QED) is 0.0204. The molecule has 0 radical (unpaired) electrons. The van der Waals surface area contributed by atoms with Gasteiger partial charge >= 0.3 is 0 Å². The maximum absolute atomic E-state index is 13.3. The molecule has 2 aliphatic rings. The van der Waals surface area contributed by atoms with Gasteiger partial charge in [-0.05, 0) is 103 Å². The van der Waals surface area contributed by atoms with Gasteiger partial charge in [0.05, 0.1) is 32.0 Å². The predicted octanol–water partition coefficient (Wildman–Crippen LogP) is 11.4. The summed E-state index contributed by atoms with van der Waals surface area (Å²) in [6, 6.07) is -0.954. The van der Waals surface area contributed by atoms with E-state index in [1.165, 1.54) is 51.4 Å². The van der Waals surface area contributed by atoms with Crippen LogP contribution in [0, 0.1) is 0 Å². The van der Waals surface area contributed by atoms with E-state index in [1.54, 1.807) is 6.08 Å². The van der Waals surface area contributed by atoms with Crippen molar-refractivity contribution in [3.63, 3.8) is 0 Å². The minimum atomic E-state index is -1.80. The van der Waals surface area contributed by atoms with Crippen LogP contribution in [0.4, 0.5) is 0 Å². The van der Waals surface area contributed by atoms with E-state index < -0.39 is 86.8 Å². The van der Waals surface area contributed by atoms with Gasteiger partial charge in [0.15, 0.2) is 12.6 Å². The highest BCUT2D eigenvalue weighted by Crippen LogP contribution is 2.30. The van der Waals surface area contributed by atoms with Crippen molar-refractivity contribution < 1.29 is 64.6 Å².